The van der Waals surface area contributed by atoms with Gasteiger partial charge in [-0.05, 0) is 56.1 Å². The lowest BCUT2D eigenvalue weighted by Crippen LogP contribution is -2.45. The molecule has 1 unspecified atom stereocenters. The molecule has 1 atom stereocenters. The Morgan fingerprint density at radius 2 is 2.14 bits per heavy atom. The van der Waals surface area contributed by atoms with E-state index in [2.05, 4.69) is 48.9 Å². The van der Waals surface area contributed by atoms with Crippen LogP contribution in [-0.4, -0.2) is 31.5 Å². The molecule has 22 heavy (non-hydrogen) atoms. The zero-order valence-electron chi connectivity index (χ0n) is 13.6. The molecule has 1 aromatic carbocycles. The summed E-state index contributed by atoms with van der Waals surface area (Å²) in [6.45, 7) is 6.34. The van der Waals surface area contributed by atoms with Crippen molar-refractivity contribution in [2.75, 3.05) is 19.5 Å². The Hall–Kier alpha value is -1.20. The number of thioether (sulfide) groups is 1. The molecule has 1 fully saturated rings. The van der Waals surface area contributed by atoms with Gasteiger partial charge in [0.2, 0.25) is 0 Å². The number of carbonyl (C=O) groups excluding carboxylic acids is 1. The second kappa shape index (κ2) is 8.44. The predicted octanol–water partition coefficient (Wildman–Crippen LogP) is 3.33. The second-order valence-corrected chi connectivity index (χ2v) is 6.72. The molecule has 0 bridgehead atoms. The number of carbonyl (C=O) groups is 1. The number of ether oxygens (including phenoxy) is 1. The maximum absolute atomic E-state index is 12.0. The Bertz CT molecular complexity index is 501. The lowest BCUT2D eigenvalue weighted by molar-refractivity contribution is 0.0571. The second-order valence-electron chi connectivity index (χ2n) is 5.87. The van der Waals surface area contributed by atoms with Gasteiger partial charge in [0.15, 0.2) is 0 Å². The maximum atomic E-state index is 12.0. The smallest absolute Gasteiger partial charge is 0.315 e. The van der Waals surface area contributed by atoms with Gasteiger partial charge in [-0.25, -0.2) is 4.79 Å². The first-order valence-corrected chi connectivity index (χ1v) is 9.08. The third-order valence-electron chi connectivity index (χ3n) is 4.24. The SMILES string of the molecule is CSc1ccc(CNC(=O)NC(C)C2CCOCC2)cc1C. The average molecular weight is 322 g/mol. The molecule has 0 aliphatic carbocycles. The number of hydrogen-bond donors (Lipinski definition) is 2. The van der Waals surface area contributed by atoms with Crippen LogP contribution in [-0.2, 0) is 11.3 Å². The molecule has 1 aliphatic heterocycles. The molecule has 1 aromatic rings. The van der Waals surface area contributed by atoms with Gasteiger partial charge in [0.05, 0.1) is 0 Å². The minimum absolute atomic E-state index is 0.0920. The molecule has 1 aliphatic rings. The first-order valence-electron chi connectivity index (χ1n) is 7.85. The highest BCUT2D eigenvalue weighted by Gasteiger charge is 2.21. The Labute approximate surface area is 137 Å². The number of amides is 2. The Morgan fingerprint density at radius 3 is 2.77 bits per heavy atom. The topological polar surface area (TPSA) is 50.4 Å². The quantitative estimate of drug-likeness (QED) is 0.818. The normalized spacial score (nSPS) is 17.0. The van der Waals surface area contributed by atoms with Gasteiger partial charge in [-0.1, -0.05) is 12.1 Å². The fourth-order valence-corrected chi connectivity index (χ4v) is 3.41. The molecule has 2 rings (SSSR count). The molecule has 0 saturated carbocycles. The predicted molar refractivity (Wildman–Crippen MR) is 91.3 cm³/mol. The van der Waals surface area contributed by atoms with Crippen molar-refractivity contribution in [2.24, 2.45) is 5.92 Å². The first kappa shape index (κ1) is 17.2. The average Bonchev–Trinajstić information content (AvgIpc) is 2.54. The molecule has 5 heteroatoms. The maximum Gasteiger partial charge on any atom is 0.315 e. The van der Waals surface area contributed by atoms with Crippen molar-refractivity contribution in [3.8, 4) is 0 Å². The van der Waals surface area contributed by atoms with Crippen LogP contribution in [0.4, 0.5) is 4.79 Å². The van der Waals surface area contributed by atoms with Crippen LogP contribution in [0.1, 0.15) is 30.9 Å². The highest BCUT2D eigenvalue weighted by atomic mass is 32.2. The van der Waals surface area contributed by atoms with Crippen molar-refractivity contribution in [1.29, 1.82) is 0 Å². The van der Waals surface area contributed by atoms with Crippen LogP contribution in [0.5, 0.6) is 0 Å². The van der Waals surface area contributed by atoms with E-state index >= 15 is 0 Å². The van der Waals surface area contributed by atoms with Crippen LogP contribution < -0.4 is 10.6 Å². The van der Waals surface area contributed by atoms with Gasteiger partial charge >= 0.3 is 6.03 Å². The zero-order valence-corrected chi connectivity index (χ0v) is 14.5. The summed E-state index contributed by atoms with van der Waals surface area (Å²) in [5.41, 5.74) is 2.38. The summed E-state index contributed by atoms with van der Waals surface area (Å²) in [5, 5.41) is 5.99. The lowest BCUT2D eigenvalue weighted by atomic mass is 9.93. The van der Waals surface area contributed by atoms with Crippen LogP contribution >= 0.6 is 11.8 Å². The van der Waals surface area contributed by atoms with E-state index in [1.54, 1.807) is 11.8 Å². The highest BCUT2D eigenvalue weighted by Crippen LogP contribution is 2.21. The number of rotatable bonds is 5. The van der Waals surface area contributed by atoms with E-state index < -0.39 is 0 Å². The van der Waals surface area contributed by atoms with E-state index in [-0.39, 0.29) is 12.1 Å². The van der Waals surface area contributed by atoms with Crippen molar-refractivity contribution in [3.63, 3.8) is 0 Å². The molecule has 0 radical (unpaired) electrons. The van der Waals surface area contributed by atoms with Crippen molar-refractivity contribution in [2.45, 2.75) is 44.2 Å². The summed E-state index contributed by atoms with van der Waals surface area (Å²) in [4.78, 5) is 13.3. The molecule has 0 aromatic heterocycles. The summed E-state index contributed by atoms with van der Waals surface area (Å²) >= 11 is 1.74. The summed E-state index contributed by atoms with van der Waals surface area (Å²) in [6.07, 6.45) is 4.12. The molecular formula is C17H26N2O2S. The fraction of sp³-hybridized carbons (Fsp3) is 0.588. The van der Waals surface area contributed by atoms with Gasteiger partial charge in [0, 0.05) is 30.7 Å². The van der Waals surface area contributed by atoms with E-state index in [4.69, 9.17) is 4.74 Å². The summed E-state index contributed by atoms with van der Waals surface area (Å²) in [6, 6.07) is 6.41. The fourth-order valence-electron chi connectivity index (χ4n) is 2.82. The van der Waals surface area contributed by atoms with Gasteiger partial charge in [-0.2, -0.15) is 0 Å². The zero-order chi connectivity index (χ0) is 15.9. The summed E-state index contributed by atoms with van der Waals surface area (Å²) in [5.74, 6) is 0.516. The number of urea groups is 1. The number of nitrogens with one attached hydrogen (secondary N) is 2. The molecule has 2 N–H and O–H groups in total. The number of benzene rings is 1. The molecule has 4 nitrogen and oxygen atoms in total. The molecule has 1 saturated heterocycles. The first-order chi connectivity index (χ1) is 10.6. The third-order valence-corrected chi connectivity index (χ3v) is 5.14. The van der Waals surface area contributed by atoms with Crippen LogP contribution in [0.25, 0.3) is 0 Å². The number of aryl methyl sites for hydroxylation is 1. The van der Waals surface area contributed by atoms with Gasteiger partial charge in [-0.3, -0.25) is 0 Å². The Morgan fingerprint density at radius 1 is 1.41 bits per heavy atom. The Balaban J connectivity index is 1.78. The van der Waals surface area contributed by atoms with Gasteiger partial charge in [0.1, 0.15) is 0 Å². The Kier molecular flexibility index (Phi) is 6.58. The molecular weight excluding hydrogens is 296 g/mol. The molecule has 1 heterocycles. The standard InChI is InChI=1S/C17H26N2O2S/c1-12-10-14(4-5-16(12)22-3)11-18-17(20)19-13(2)15-6-8-21-9-7-15/h4-5,10,13,15H,6-9,11H2,1-3H3,(H2,18,19,20). The van der Waals surface area contributed by atoms with E-state index in [9.17, 15) is 4.79 Å². The van der Waals surface area contributed by atoms with Crippen molar-refractivity contribution < 1.29 is 9.53 Å². The molecule has 122 valence electrons. The van der Waals surface area contributed by atoms with Crippen LogP contribution in [0, 0.1) is 12.8 Å². The van der Waals surface area contributed by atoms with E-state index in [0.717, 1.165) is 31.6 Å². The largest absolute Gasteiger partial charge is 0.381 e. The van der Waals surface area contributed by atoms with E-state index in [0.29, 0.717) is 12.5 Å². The summed E-state index contributed by atoms with van der Waals surface area (Å²) < 4.78 is 5.36. The van der Waals surface area contributed by atoms with Gasteiger partial charge < -0.3 is 15.4 Å². The van der Waals surface area contributed by atoms with Crippen LogP contribution in [0.15, 0.2) is 23.1 Å². The van der Waals surface area contributed by atoms with E-state index in [1.165, 1.54) is 10.5 Å². The van der Waals surface area contributed by atoms with Crippen molar-refractivity contribution in [1.82, 2.24) is 10.6 Å². The van der Waals surface area contributed by atoms with Crippen LogP contribution in [0.2, 0.25) is 0 Å². The minimum Gasteiger partial charge on any atom is -0.381 e. The highest BCUT2D eigenvalue weighted by molar-refractivity contribution is 7.98. The third kappa shape index (κ3) is 4.92. The molecule has 0 spiro atoms. The molecule has 2 amide bonds. The minimum atomic E-state index is -0.0920. The summed E-state index contributed by atoms with van der Waals surface area (Å²) in [7, 11) is 0. The lowest BCUT2D eigenvalue weighted by Gasteiger charge is -2.28. The van der Waals surface area contributed by atoms with Gasteiger partial charge in [0.25, 0.3) is 0 Å². The van der Waals surface area contributed by atoms with E-state index in [1.807, 2.05) is 0 Å². The monoisotopic (exact) mass is 322 g/mol. The van der Waals surface area contributed by atoms with Gasteiger partial charge in [-0.15, -0.1) is 11.8 Å². The number of hydrogen-bond acceptors (Lipinski definition) is 3. The van der Waals surface area contributed by atoms with Crippen molar-refractivity contribution >= 4 is 17.8 Å². The van der Waals surface area contributed by atoms with Crippen molar-refractivity contribution in [3.05, 3.63) is 29.3 Å². The van der Waals surface area contributed by atoms with Crippen LogP contribution in [0.3, 0.4) is 0 Å².